The molecule has 0 aromatic heterocycles. The largest absolute Gasteiger partial charge is 0.314 e. The second-order valence-electron chi connectivity index (χ2n) is 3.95. The number of sulfonamides is 1. The number of fused-ring (bicyclic) bond motifs is 2. The van der Waals surface area contributed by atoms with Crippen LogP contribution >= 0.6 is 0 Å². The molecule has 1 saturated heterocycles. The van der Waals surface area contributed by atoms with Gasteiger partial charge in [-0.05, 0) is 25.3 Å². The molecule has 1 aliphatic carbocycles. The van der Waals surface area contributed by atoms with Gasteiger partial charge in [0.1, 0.15) is 0 Å². The van der Waals surface area contributed by atoms with Gasteiger partial charge in [-0.3, -0.25) is 0 Å². The molecule has 3 unspecified atom stereocenters. The molecule has 74 valence electrons. The molecule has 2 rings (SSSR count). The maximum atomic E-state index is 11.1. The van der Waals surface area contributed by atoms with Crippen LogP contribution < -0.4 is 10.5 Å². The summed E-state index contributed by atoms with van der Waals surface area (Å²) in [5.41, 5.74) is 0. The summed E-state index contributed by atoms with van der Waals surface area (Å²) in [7, 11) is -3.53. The van der Waals surface area contributed by atoms with Gasteiger partial charge in [0.05, 0.1) is 4.91 Å². The molecular weight excluding hydrogens is 188 g/mol. The standard InChI is InChI=1S/C8H14N2O2S/c1-5(13(9,11)12)8-3-7-2-6(8)4-10-7/h6-8,10H,1-4H2,(H2,9,11,12). The molecule has 2 aliphatic rings. The highest BCUT2D eigenvalue weighted by molar-refractivity contribution is 7.93. The Bertz CT molecular complexity index is 336. The van der Waals surface area contributed by atoms with Crippen molar-refractivity contribution in [3.8, 4) is 0 Å². The van der Waals surface area contributed by atoms with E-state index in [0.717, 1.165) is 19.4 Å². The summed E-state index contributed by atoms with van der Waals surface area (Å²) in [5.74, 6) is 0.511. The van der Waals surface area contributed by atoms with E-state index in [1.807, 2.05) is 0 Å². The number of nitrogens with one attached hydrogen (secondary N) is 1. The fraction of sp³-hybridized carbons (Fsp3) is 0.750. The lowest BCUT2D eigenvalue weighted by molar-refractivity contribution is 0.407. The van der Waals surface area contributed by atoms with Crippen molar-refractivity contribution in [2.75, 3.05) is 6.54 Å². The van der Waals surface area contributed by atoms with Gasteiger partial charge in [-0.15, -0.1) is 0 Å². The number of piperidine rings is 1. The third-order valence-electron chi connectivity index (χ3n) is 3.14. The minimum Gasteiger partial charge on any atom is -0.314 e. The van der Waals surface area contributed by atoms with Crippen LogP contribution in [0.5, 0.6) is 0 Å². The molecule has 0 amide bonds. The van der Waals surface area contributed by atoms with Gasteiger partial charge in [-0.25, -0.2) is 13.6 Å². The molecule has 1 heterocycles. The predicted octanol–water partition coefficient (Wildman–Crippen LogP) is -0.213. The highest BCUT2D eigenvalue weighted by Gasteiger charge is 2.42. The summed E-state index contributed by atoms with van der Waals surface area (Å²) in [5, 5.41) is 8.36. The van der Waals surface area contributed by atoms with E-state index in [4.69, 9.17) is 5.14 Å². The van der Waals surface area contributed by atoms with Crippen molar-refractivity contribution in [1.82, 2.24) is 5.32 Å². The first kappa shape index (κ1) is 9.18. The molecule has 3 atom stereocenters. The lowest BCUT2D eigenvalue weighted by Crippen LogP contribution is -2.33. The molecule has 4 nitrogen and oxygen atoms in total. The molecule has 5 heteroatoms. The molecule has 2 bridgehead atoms. The minimum atomic E-state index is -3.53. The second kappa shape index (κ2) is 2.80. The monoisotopic (exact) mass is 202 g/mol. The second-order valence-corrected chi connectivity index (χ2v) is 5.57. The summed E-state index contributed by atoms with van der Waals surface area (Å²) in [6.07, 6.45) is 1.94. The average Bonchev–Trinajstić information content (AvgIpc) is 2.60. The Balaban J connectivity index is 2.16. The first-order valence-electron chi connectivity index (χ1n) is 4.43. The van der Waals surface area contributed by atoms with Gasteiger partial charge in [0.25, 0.3) is 0 Å². The van der Waals surface area contributed by atoms with Gasteiger partial charge in [0, 0.05) is 12.0 Å². The Hall–Kier alpha value is -0.390. The number of rotatable bonds is 2. The fourth-order valence-electron chi connectivity index (χ4n) is 2.44. The van der Waals surface area contributed by atoms with Crippen LogP contribution in [0.4, 0.5) is 0 Å². The Morgan fingerprint density at radius 2 is 2.15 bits per heavy atom. The molecule has 0 aromatic carbocycles. The van der Waals surface area contributed by atoms with Crippen molar-refractivity contribution < 1.29 is 8.42 Å². The van der Waals surface area contributed by atoms with Gasteiger partial charge < -0.3 is 5.32 Å². The Kier molecular flexibility index (Phi) is 1.98. The lowest BCUT2D eigenvalue weighted by Gasteiger charge is -2.22. The summed E-state index contributed by atoms with van der Waals surface area (Å²) < 4.78 is 22.1. The normalized spacial score (nSPS) is 38.1. The molecule has 13 heavy (non-hydrogen) atoms. The molecule has 0 aromatic rings. The zero-order valence-corrected chi connectivity index (χ0v) is 8.18. The van der Waals surface area contributed by atoms with Gasteiger partial charge >= 0.3 is 0 Å². The topological polar surface area (TPSA) is 72.2 Å². The Morgan fingerprint density at radius 1 is 1.46 bits per heavy atom. The number of hydrogen-bond acceptors (Lipinski definition) is 3. The molecule has 3 N–H and O–H groups in total. The van der Waals surface area contributed by atoms with Crippen LogP contribution in [0, 0.1) is 11.8 Å². The predicted molar refractivity (Wildman–Crippen MR) is 50.3 cm³/mol. The summed E-state index contributed by atoms with van der Waals surface area (Å²) in [6, 6.07) is 0.480. The van der Waals surface area contributed by atoms with E-state index in [9.17, 15) is 8.42 Å². The van der Waals surface area contributed by atoms with Crippen LogP contribution in [0.15, 0.2) is 11.5 Å². The van der Waals surface area contributed by atoms with Crippen molar-refractivity contribution in [3.63, 3.8) is 0 Å². The fourth-order valence-corrected chi connectivity index (χ4v) is 3.15. The van der Waals surface area contributed by atoms with E-state index in [1.165, 1.54) is 0 Å². The van der Waals surface area contributed by atoms with Gasteiger partial charge in [0.2, 0.25) is 10.0 Å². The van der Waals surface area contributed by atoms with Crippen molar-refractivity contribution in [2.45, 2.75) is 18.9 Å². The van der Waals surface area contributed by atoms with Crippen molar-refractivity contribution in [3.05, 3.63) is 11.5 Å². The number of nitrogens with two attached hydrogens (primary N) is 1. The van der Waals surface area contributed by atoms with Gasteiger partial charge in [-0.1, -0.05) is 6.58 Å². The van der Waals surface area contributed by atoms with Crippen LogP contribution in [0.3, 0.4) is 0 Å². The third kappa shape index (κ3) is 1.51. The van der Waals surface area contributed by atoms with Crippen molar-refractivity contribution in [1.29, 1.82) is 0 Å². The van der Waals surface area contributed by atoms with E-state index >= 15 is 0 Å². The zero-order valence-electron chi connectivity index (χ0n) is 7.36. The summed E-state index contributed by atoms with van der Waals surface area (Å²) >= 11 is 0. The van der Waals surface area contributed by atoms with Crippen molar-refractivity contribution >= 4 is 10.0 Å². The van der Waals surface area contributed by atoms with E-state index < -0.39 is 10.0 Å². The third-order valence-corrected chi connectivity index (χ3v) is 4.18. The summed E-state index contributed by atoms with van der Waals surface area (Å²) in [4.78, 5) is 0.224. The summed E-state index contributed by atoms with van der Waals surface area (Å²) in [6.45, 7) is 4.49. The number of hydrogen-bond donors (Lipinski definition) is 2. The Labute approximate surface area is 78.2 Å². The van der Waals surface area contributed by atoms with E-state index in [-0.39, 0.29) is 10.8 Å². The van der Waals surface area contributed by atoms with E-state index in [1.54, 1.807) is 0 Å². The molecule has 0 radical (unpaired) electrons. The minimum absolute atomic E-state index is 0.0845. The van der Waals surface area contributed by atoms with Crippen LogP contribution in [0.2, 0.25) is 0 Å². The first-order chi connectivity index (χ1) is 5.98. The molecule has 2 fully saturated rings. The molecule has 1 aliphatic heterocycles. The molecule has 0 spiro atoms. The highest BCUT2D eigenvalue weighted by Crippen LogP contribution is 2.41. The van der Waals surface area contributed by atoms with Gasteiger partial charge in [0.15, 0.2) is 0 Å². The lowest BCUT2D eigenvalue weighted by atomic mass is 9.95. The average molecular weight is 202 g/mol. The zero-order chi connectivity index (χ0) is 9.64. The van der Waals surface area contributed by atoms with E-state index in [2.05, 4.69) is 11.9 Å². The van der Waals surface area contributed by atoms with Crippen LogP contribution in [0.25, 0.3) is 0 Å². The van der Waals surface area contributed by atoms with Crippen LogP contribution in [0.1, 0.15) is 12.8 Å². The van der Waals surface area contributed by atoms with E-state index in [0.29, 0.717) is 12.0 Å². The highest BCUT2D eigenvalue weighted by atomic mass is 32.2. The number of allylic oxidation sites excluding steroid dienone is 1. The van der Waals surface area contributed by atoms with Gasteiger partial charge in [-0.2, -0.15) is 0 Å². The first-order valence-corrected chi connectivity index (χ1v) is 5.98. The van der Waals surface area contributed by atoms with Crippen molar-refractivity contribution in [2.24, 2.45) is 17.0 Å². The van der Waals surface area contributed by atoms with Crippen LogP contribution in [-0.2, 0) is 10.0 Å². The Morgan fingerprint density at radius 3 is 2.54 bits per heavy atom. The maximum Gasteiger partial charge on any atom is 0.233 e. The number of primary sulfonamides is 1. The quantitative estimate of drug-likeness (QED) is 0.650. The smallest absolute Gasteiger partial charge is 0.233 e. The molecular formula is C8H14N2O2S. The SMILES string of the molecule is C=C(C1CC2CC1CN2)S(N)(=O)=O. The maximum absolute atomic E-state index is 11.1. The molecule has 1 saturated carbocycles. The van der Waals surface area contributed by atoms with Crippen LogP contribution in [-0.4, -0.2) is 21.0 Å².